The van der Waals surface area contributed by atoms with Gasteiger partial charge in [-0.1, -0.05) is 37.6 Å². The predicted octanol–water partition coefficient (Wildman–Crippen LogP) is 2.69. The number of aliphatic carboxylic acids is 1. The predicted molar refractivity (Wildman–Crippen MR) is 71.5 cm³/mol. The topological polar surface area (TPSA) is 40.5 Å². The molecule has 1 aromatic rings. The van der Waals surface area contributed by atoms with E-state index in [-0.39, 0.29) is 0 Å². The smallest absolute Gasteiger partial charge is 0.323 e. The molecule has 1 atom stereocenters. The van der Waals surface area contributed by atoms with Crippen LogP contribution in [0.3, 0.4) is 0 Å². The lowest BCUT2D eigenvalue weighted by Gasteiger charge is -2.40. The fourth-order valence-electron chi connectivity index (χ4n) is 2.80. The van der Waals surface area contributed by atoms with E-state index in [4.69, 9.17) is 0 Å². The summed E-state index contributed by atoms with van der Waals surface area (Å²) in [5.41, 5.74) is 1.90. The Bertz CT molecular complexity index is 444. The summed E-state index contributed by atoms with van der Waals surface area (Å²) in [7, 11) is 0. The average molecular weight is 247 g/mol. The van der Waals surface area contributed by atoms with E-state index in [0.717, 1.165) is 25.9 Å². The van der Waals surface area contributed by atoms with E-state index in [0.29, 0.717) is 6.42 Å². The quantitative estimate of drug-likeness (QED) is 0.889. The van der Waals surface area contributed by atoms with Gasteiger partial charge in [0.1, 0.15) is 5.54 Å². The van der Waals surface area contributed by atoms with Gasteiger partial charge in [0.25, 0.3) is 0 Å². The first-order valence-electron chi connectivity index (χ1n) is 6.63. The second-order valence-electron chi connectivity index (χ2n) is 5.27. The van der Waals surface area contributed by atoms with Crippen LogP contribution in [0.15, 0.2) is 24.3 Å². The zero-order chi connectivity index (χ0) is 13.2. The summed E-state index contributed by atoms with van der Waals surface area (Å²) in [4.78, 5) is 13.7. The minimum atomic E-state index is -0.734. The summed E-state index contributed by atoms with van der Waals surface area (Å²) in [6, 6.07) is 8.33. The highest BCUT2D eigenvalue weighted by atomic mass is 16.4. The van der Waals surface area contributed by atoms with E-state index in [1.165, 1.54) is 11.1 Å². The highest BCUT2D eigenvalue weighted by Gasteiger charge is 2.39. The Hall–Kier alpha value is -1.35. The van der Waals surface area contributed by atoms with Crippen LogP contribution < -0.4 is 0 Å². The Morgan fingerprint density at radius 3 is 2.67 bits per heavy atom. The molecule has 1 heterocycles. The molecular weight excluding hydrogens is 226 g/mol. The van der Waals surface area contributed by atoms with Crippen molar-refractivity contribution in [1.29, 1.82) is 0 Å². The highest BCUT2D eigenvalue weighted by Crippen LogP contribution is 2.28. The monoisotopic (exact) mass is 247 g/mol. The number of hydrogen-bond acceptors (Lipinski definition) is 2. The minimum absolute atomic E-state index is 0.699. The average Bonchev–Trinajstić information content (AvgIpc) is 2.38. The van der Waals surface area contributed by atoms with Crippen molar-refractivity contribution in [3.8, 4) is 0 Å². The number of carbonyl (C=O) groups is 1. The van der Waals surface area contributed by atoms with Crippen molar-refractivity contribution in [2.24, 2.45) is 0 Å². The van der Waals surface area contributed by atoms with Gasteiger partial charge in [0.05, 0.1) is 0 Å². The molecule has 0 radical (unpaired) electrons. The third-order valence-corrected chi connectivity index (χ3v) is 4.03. The molecule has 1 unspecified atom stereocenters. The van der Waals surface area contributed by atoms with Gasteiger partial charge in [-0.25, -0.2) is 0 Å². The second-order valence-corrected chi connectivity index (χ2v) is 5.27. The lowest BCUT2D eigenvalue weighted by atomic mass is 9.89. The Kier molecular flexibility index (Phi) is 3.71. The first-order valence-corrected chi connectivity index (χ1v) is 6.63. The van der Waals surface area contributed by atoms with Gasteiger partial charge in [-0.2, -0.15) is 0 Å². The van der Waals surface area contributed by atoms with Crippen molar-refractivity contribution < 1.29 is 9.90 Å². The zero-order valence-corrected chi connectivity index (χ0v) is 11.1. The molecule has 0 aliphatic carbocycles. The molecule has 18 heavy (non-hydrogen) atoms. The molecule has 3 nitrogen and oxygen atoms in total. The summed E-state index contributed by atoms with van der Waals surface area (Å²) in [6.07, 6.45) is 2.54. The van der Waals surface area contributed by atoms with Crippen molar-refractivity contribution in [2.45, 2.75) is 45.2 Å². The maximum absolute atomic E-state index is 11.6. The molecule has 0 amide bonds. The van der Waals surface area contributed by atoms with Gasteiger partial charge in [0.2, 0.25) is 0 Å². The molecule has 1 aliphatic heterocycles. The SMILES string of the molecule is CCCC(C)(C(=O)O)N1CCc2ccccc2C1. The number of nitrogens with zero attached hydrogens (tertiary/aromatic N) is 1. The van der Waals surface area contributed by atoms with Crippen LogP contribution in [0.4, 0.5) is 0 Å². The number of fused-ring (bicyclic) bond motifs is 1. The van der Waals surface area contributed by atoms with E-state index in [1.807, 2.05) is 19.9 Å². The zero-order valence-electron chi connectivity index (χ0n) is 11.1. The fourth-order valence-corrected chi connectivity index (χ4v) is 2.80. The van der Waals surface area contributed by atoms with E-state index < -0.39 is 11.5 Å². The first-order chi connectivity index (χ1) is 8.58. The summed E-state index contributed by atoms with van der Waals surface area (Å²) in [5, 5.41) is 9.52. The fraction of sp³-hybridized carbons (Fsp3) is 0.533. The van der Waals surface area contributed by atoms with Gasteiger partial charge < -0.3 is 5.11 Å². The molecular formula is C15H21NO2. The van der Waals surface area contributed by atoms with Gasteiger partial charge in [-0.05, 0) is 30.9 Å². The van der Waals surface area contributed by atoms with Crippen LogP contribution in [-0.2, 0) is 17.8 Å². The third-order valence-electron chi connectivity index (χ3n) is 4.03. The van der Waals surface area contributed by atoms with Crippen LogP contribution in [0.25, 0.3) is 0 Å². The lowest BCUT2D eigenvalue weighted by molar-refractivity contribution is -0.152. The van der Waals surface area contributed by atoms with Crippen LogP contribution in [0.5, 0.6) is 0 Å². The van der Waals surface area contributed by atoms with Crippen LogP contribution in [0.2, 0.25) is 0 Å². The first kappa shape index (κ1) is 13.1. The summed E-state index contributed by atoms with van der Waals surface area (Å²) >= 11 is 0. The number of rotatable bonds is 4. The Balaban J connectivity index is 2.23. The molecule has 3 heteroatoms. The normalized spacial score (nSPS) is 19.0. The van der Waals surface area contributed by atoms with Gasteiger partial charge in [0.15, 0.2) is 0 Å². The van der Waals surface area contributed by atoms with Crippen LogP contribution in [-0.4, -0.2) is 28.1 Å². The van der Waals surface area contributed by atoms with Crippen molar-refractivity contribution in [1.82, 2.24) is 4.90 Å². The standard InChI is InChI=1S/C15H21NO2/c1-3-9-15(2,14(17)18)16-10-8-12-6-4-5-7-13(12)11-16/h4-7H,3,8-11H2,1-2H3,(H,17,18). The Morgan fingerprint density at radius 1 is 1.39 bits per heavy atom. The molecule has 0 bridgehead atoms. The maximum atomic E-state index is 11.6. The van der Waals surface area contributed by atoms with Crippen LogP contribution >= 0.6 is 0 Å². The summed E-state index contributed by atoms with van der Waals surface area (Å²) in [5.74, 6) is -0.705. The van der Waals surface area contributed by atoms with Crippen molar-refractivity contribution in [3.05, 3.63) is 35.4 Å². The molecule has 0 fully saturated rings. The minimum Gasteiger partial charge on any atom is -0.480 e. The third kappa shape index (κ3) is 2.27. The van der Waals surface area contributed by atoms with Crippen LogP contribution in [0, 0.1) is 0 Å². The molecule has 0 saturated heterocycles. The van der Waals surface area contributed by atoms with E-state index in [1.54, 1.807) is 0 Å². The van der Waals surface area contributed by atoms with E-state index in [2.05, 4.69) is 23.1 Å². The Morgan fingerprint density at radius 2 is 2.06 bits per heavy atom. The number of carboxylic acid groups (broad SMARTS) is 1. The highest BCUT2D eigenvalue weighted by molar-refractivity contribution is 5.78. The van der Waals surface area contributed by atoms with E-state index in [9.17, 15) is 9.90 Å². The lowest BCUT2D eigenvalue weighted by Crippen LogP contribution is -2.53. The van der Waals surface area contributed by atoms with Gasteiger partial charge in [-0.15, -0.1) is 0 Å². The molecule has 98 valence electrons. The van der Waals surface area contributed by atoms with Gasteiger partial charge in [0, 0.05) is 13.1 Å². The van der Waals surface area contributed by atoms with Gasteiger partial charge >= 0.3 is 5.97 Å². The van der Waals surface area contributed by atoms with Crippen molar-refractivity contribution in [3.63, 3.8) is 0 Å². The summed E-state index contributed by atoms with van der Waals surface area (Å²) < 4.78 is 0. The van der Waals surface area contributed by atoms with Gasteiger partial charge in [-0.3, -0.25) is 9.69 Å². The number of hydrogen-bond donors (Lipinski definition) is 1. The molecule has 1 N–H and O–H groups in total. The molecule has 0 aromatic heterocycles. The maximum Gasteiger partial charge on any atom is 0.323 e. The molecule has 1 aliphatic rings. The largest absolute Gasteiger partial charge is 0.480 e. The molecule has 2 rings (SSSR count). The van der Waals surface area contributed by atoms with E-state index >= 15 is 0 Å². The van der Waals surface area contributed by atoms with Crippen molar-refractivity contribution in [2.75, 3.05) is 6.54 Å². The van der Waals surface area contributed by atoms with Crippen LogP contribution in [0.1, 0.15) is 37.8 Å². The molecule has 0 spiro atoms. The second kappa shape index (κ2) is 5.11. The number of benzene rings is 1. The number of carboxylic acids is 1. The molecule has 1 aromatic carbocycles. The molecule has 0 saturated carbocycles. The Labute approximate surface area is 108 Å². The summed E-state index contributed by atoms with van der Waals surface area (Å²) in [6.45, 7) is 5.48. The van der Waals surface area contributed by atoms with Crippen molar-refractivity contribution >= 4 is 5.97 Å².